The van der Waals surface area contributed by atoms with E-state index in [-0.39, 0.29) is 0 Å². The molecule has 0 aliphatic heterocycles. The van der Waals surface area contributed by atoms with Crippen LogP contribution in [0.1, 0.15) is 19.4 Å². The Bertz CT molecular complexity index is 426. The lowest BCUT2D eigenvalue weighted by atomic mass is 10.0. The highest BCUT2D eigenvalue weighted by atomic mass is 16.4. The second-order valence-corrected chi connectivity index (χ2v) is 4.60. The number of anilines is 1. The number of carbonyl (C=O) groups excluding carboxylic acids is 1. The van der Waals surface area contributed by atoms with E-state index in [0.717, 1.165) is 6.42 Å². The van der Waals surface area contributed by atoms with Crippen LogP contribution in [0.3, 0.4) is 0 Å². The van der Waals surface area contributed by atoms with Crippen LogP contribution >= 0.6 is 0 Å². The van der Waals surface area contributed by atoms with Crippen molar-refractivity contribution >= 4 is 17.6 Å². The maximum absolute atomic E-state index is 11.4. The zero-order valence-electron chi connectivity index (χ0n) is 10.5. The first-order valence-corrected chi connectivity index (χ1v) is 5.78. The van der Waals surface area contributed by atoms with Gasteiger partial charge >= 0.3 is 5.97 Å². The van der Waals surface area contributed by atoms with Gasteiger partial charge in [0.1, 0.15) is 0 Å². The topological polar surface area (TPSA) is 92.4 Å². The molecule has 0 bridgehead atoms. The number of carboxylic acids is 1. The Morgan fingerprint density at radius 1 is 1.28 bits per heavy atom. The van der Waals surface area contributed by atoms with E-state index in [4.69, 9.17) is 10.8 Å². The van der Waals surface area contributed by atoms with Crippen LogP contribution in [0.5, 0.6) is 0 Å². The number of nitrogens with two attached hydrogens (primary N) is 1. The smallest absolute Gasteiger partial charge is 0.330 e. The van der Waals surface area contributed by atoms with E-state index < -0.39 is 17.9 Å². The van der Waals surface area contributed by atoms with E-state index in [1.54, 1.807) is 12.1 Å². The van der Waals surface area contributed by atoms with Gasteiger partial charge in [0, 0.05) is 5.69 Å². The molecular weight excluding hydrogens is 232 g/mol. The Morgan fingerprint density at radius 3 is 2.28 bits per heavy atom. The molecule has 1 unspecified atom stereocenters. The fourth-order valence-electron chi connectivity index (χ4n) is 1.53. The van der Waals surface area contributed by atoms with Crippen molar-refractivity contribution < 1.29 is 14.7 Å². The molecule has 0 aliphatic rings. The summed E-state index contributed by atoms with van der Waals surface area (Å²) in [4.78, 5) is 21.9. The van der Waals surface area contributed by atoms with Gasteiger partial charge < -0.3 is 16.2 Å². The van der Waals surface area contributed by atoms with Crippen molar-refractivity contribution in [2.75, 3.05) is 5.32 Å². The Labute approximate surface area is 106 Å². The molecule has 0 aromatic heterocycles. The average Bonchev–Trinajstić information content (AvgIpc) is 2.29. The van der Waals surface area contributed by atoms with E-state index in [1.165, 1.54) is 5.56 Å². The minimum absolute atomic E-state index is 0.546. The zero-order chi connectivity index (χ0) is 13.7. The molecule has 0 heterocycles. The minimum atomic E-state index is -1.54. The third-order valence-corrected chi connectivity index (χ3v) is 2.41. The molecule has 0 radical (unpaired) electrons. The molecule has 5 nitrogen and oxygen atoms in total. The van der Waals surface area contributed by atoms with Crippen molar-refractivity contribution in [3.8, 4) is 0 Å². The molecule has 0 fully saturated rings. The van der Waals surface area contributed by atoms with Crippen LogP contribution in [0, 0.1) is 5.92 Å². The summed E-state index contributed by atoms with van der Waals surface area (Å²) in [6.45, 7) is 4.25. The molecule has 0 spiro atoms. The summed E-state index contributed by atoms with van der Waals surface area (Å²) >= 11 is 0. The zero-order valence-corrected chi connectivity index (χ0v) is 10.5. The lowest BCUT2D eigenvalue weighted by molar-refractivity contribution is -0.141. The van der Waals surface area contributed by atoms with Gasteiger partial charge in [-0.25, -0.2) is 4.79 Å². The second kappa shape index (κ2) is 6.16. The van der Waals surface area contributed by atoms with Gasteiger partial charge in [0.2, 0.25) is 0 Å². The molecule has 1 atom stereocenters. The first kappa shape index (κ1) is 14.2. The van der Waals surface area contributed by atoms with Crippen LogP contribution < -0.4 is 11.1 Å². The predicted octanol–water partition coefficient (Wildman–Crippen LogP) is 1.24. The van der Waals surface area contributed by atoms with Crippen molar-refractivity contribution in [3.63, 3.8) is 0 Å². The van der Waals surface area contributed by atoms with Crippen LogP contribution in [-0.4, -0.2) is 23.0 Å². The average molecular weight is 250 g/mol. The van der Waals surface area contributed by atoms with Gasteiger partial charge in [-0.15, -0.1) is 0 Å². The van der Waals surface area contributed by atoms with Gasteiger partial charge in [0.25, 0.3) is 5.91 Å². The fourth-order valence-corrected chi connectivity index (χ4v) is 1.53. The first-order valence-electron chi connectivity index (χ1n) is 5.78. The number of carbonyl (C=O) groups is 2. The standard InChI is InChI=1S/C13H18N2O3/c1-8(2)7-9-3-5-10(6-4-9)15-12(16)11(14)13(17)18/h3-6,8,11H,7,14H2,1-2H3,(H,15,16)(H,17,18). The lowest BCUT2D eigenvalue weighted by Gasteiger charge is -2.09. The highest BCUT2D eigenvalue weighted by Crippen LogP contribution is 2.13. The molecule has 5 heteroatoms. The molecule has 98 valence electrons. The van der Waals surface area contributed by atoms with E-state index >= 15 is 0 Å². The molecular formula is C13H18N2O3. The Kier molecular flexibility index (Phi) is 4.85. The van der Waals surface area contributed by atoms with Crippen LogP contribution in [0.25, 0.3) is 0 Å². The number of nitrogens with one attached hydrogen (secondary N) is 1. The summed E-state index contributed by atoms with van der Waals surface area (Å²) in [6.07, 6.45) is 0.961. The molecule has 0 aliphatic carbocycles. The maximum atomic E-state index is 11.4. The van der Waals surface area contributed by atoms with Gasteiger partial charge in [0.05, 0.1) is 0 Å². The summed E-state index contributed by atoms with van der Waals surface area (Å²) < 4.78 is 0. The normalized spacial score (nSPS) is 12.2. The Hall–Kier alpha value is -1.88. The molecule has 0 saturated carbocycles. The summed E-state index contributed by atoms with van der Waals surface area (Å²) in [5, 5.41) is 11.0. The van der Waals surface area contributed by atoms with Gasteiger partial charge in [-0.3, -0.25) is 4.79 Å². The number of hydrogen-bond donors (Lipinski definition) is 3. The van der Waals surface area contributed by atoms with E-state index in [9.17, 15) is 9.59 Å². The third-order valence-electron chi connectivity index (χ3n) is 2.41. The molecule has 1 amide bonds. The van der Waals surface area contributed by atoms with Gasteiger partial charge in [0.15, 0.2) is 6.04 Å². The largest absolute Gasteiger partial charge is 0.480 e. The van der Waals surface area contributed by atoms with E-state index in [1.807, 2.05) is 12.1 Å². The van der Waals surface area contributed by atoms with Crippen molar-refractivity contribution in [1.82, 2.24) is 0 Å². The Morgan fingerprint density at radius 2 is 1.83 bits per heavy atom. The number of rotatable bonds is 5. The maximum Gasteiger partial charge on any atom is 0.330 e. The number of carboxylic acid groups (broad SMARTS) is 1. The summed E-state index contributed by atoms with van der Waals surface area (Å²) in [7, 11) is 0. The van der Waals surface area contributed by atoms with E-state index in [0.29, 0.717) is 11.6 Å². The van der Waals surface area contributed by atoms with Gasteiger partial charge in [-0.2, -0.15) is 0 Å². The van der Waals surface area contributed by atoms with Crippen molar-refractivity contribution in [2.24, 2.45) is 11.7 Å². The van der Waals surface area contributed by atoms with Gasteiger partial charge in [-0.05, 0) is 30.0 Å². The van der Waals surface area contributed by atoms with Crippen LogP contribution in [0.2, 0.25) is 0 Å². The lowest BCUT2D eigenvalue weighted by Crippen LogP contribution is -2.42. The summed E-state index contributed by atoms with van der Waals surface area (Å²) in [6, 6.07) is 5.75. The molecule has 4 N–H and O–H groups in total. The third kappa shape index (κ3) is 4.18. The molecule has 1 aromatic rings. The number of amides is 1. The van der Waals surface area contributed by atoms with Crippen molar-refractivity contribution in [1.29, 1.82) is 0 Å². The highest BCUT2D eigenvalue weighted by molar-refractivity contribution is 6.07. The molecule has 0 saturated heterocycles. The molecule has 18 heavy (non-hydrogen) atoms. The summed E-state index contributed by atoms with van der Waals surface area (Å²) in [5.74, 6) is -1.51. The van der Waals surface area contributed by atoms with Crippen molar-refractivity contribution in [3.05, 3.63) is 29.8 Å². The quantitative estimate of drug-likeness (QED) is 0.685. The van der Waals surface area contributed by atoms with Crippen molar-refractivity contribution in [2.45, 2.75) is 26.3 Å². The van der Waals surface area contributed by atoms with Crippen LogP contribution in [0.4, 0.5) is 5.69 Å². The molecule has 1 aromatic carbocycles. The van der Waals surface area contributed by atoms with Crippen LogP contribution in [0.15, 0.2) is 24.3 Å². The monoisotopic (exact) mass is 250 g/mol. The summed E-state index contributed by atoms with van der Waals surface area (Å²) in [5.41, 5.74) is 6.91. The molecule has 1 rings (SSSR count). The Balaban J connectivity index is 2.64. The predicted molar refractivity (Wildman–Crippen MR) is 69.2 cm³/mol. The number of hydrogen-bond acceptors (Lipinski definition) is 3. The fraction of sp³-hybridized carbons (Fsp3) is 0.385. The second-order valence-electron chi connectivity index (χ2n) is 4.60. The van der Waals surface area contributed by atoms with Crippen LogP contribution in [-0.2, 0) is 16.0 Å². The number of benzene rings is 1. The van der Waals surface area contributed by atoms with Gasteiger partial charge in [-0.1, -0.05) is 26.0 Å². The minimum Gasteiger partial charge on any atom is -0.480 e. The SMILES string of the molecule is CC(C)Cc1ccc(NC(=O)C(N)C(=O)O)cc1. The first-order chi connectivity index (χ1) is 8.40. The van der Waals surface area contributed by atoms with E-state index in [2.05, 4.69) is 19.2 Å². The highest BCUT2D eigenvalue weighted by Gasteiger charge is 2.20. The number of aliphatic carboxylic acids is 1.